The van der Waals surface area contributed by atoms with E-state index in [1.165, 1.54) is 0 Å². The summed E-state index contributed by atoms with van der Waals surface area (Å²) in [5.41, 5.74) is 4.19. The molecule has 4 N–H and O–H groups in total. The molecular weight excluding hydrogens is 588 g/mol. The lowest BCUT2D eigenvalue weighted by Crippen LogP contribution is -2.60. The number of likely N-dealkylation sites (tertiary alicyclic amines) is 1. The second kappa shape index (κ2) is 12.8. The molecule has 0 bridgehead atoms. The lowest BCUT2D eigenvalue weighted by atomic mass is 9.77. The zero-order chi connectivity index (χ0) is 34.5. The summed E-state index contributed by atoms with van der Waals surface area (Å²) in [5.74, 6) is -2.90. The molecule has 0 aromatic carbocycles. The van der Waals surface area contributed by atoms with Gasteiger partial charge in [0, 0.05) is 39.6 Å². The second-order valence-electron chi connectivity index (χ2n) is 17.0. The number of piperidine rings is 1. The van der Waals surface area contributed by atoms with Crippen molar-refractivity contribution < 1.29 is 28.8 Å². The summed E-state index contributed by atoms with van der Waals surface area (Å²) in [6.45, 7) is 18.1. The minimum Gasteiger partial charge on any atom is -0.363 e. The predicted octanol–water partition coefficient (Wildman–Crippen LogP) is 2.15. The highest BCUT2D eigenvalue weighted by molar-refractivity contribution is 6.37. The fourth-order valence-electron chi connectivity index (χ4n) is 7.43. The van der Waals surface area contributed by atoms with E-state index in [4.69, 9.17) is 5.73 Å². The monoisotopic (exact) mass is 644 g/mol. The van der Waals surface area contributed by atoms with Gasteiger partial charge in [0.05, 0.1) is 6.04 Å². The molecule has 2 saturated heterocycles. The molecule has 1 unspecified atom stereocenters. The van der Waals surface area contributed by atoms with Gasteiger partial charge in [-0.15, -0.1) is 0 Å². The fourth-order valence-corrected chi connectivity index (χ4v) is 7.43. The molecule has 6 atom stereocenters. The Morgan fingerprint density at radius 2 is 1.61 bits per heavy atom. The van der Waals surface area contributed by atoms with Crippen molar-refractivity contribution >= 4 is 35.4 Å². The molecule has 46 heavy (non-hydrogen) atoms. The molecular formula is C34H56N6O6. The average Bonchev–Trinajstić information content (AvgIpc) is 3.78. The van der Waals surface area contributed by atoms with Crippen molar-refractivity contribution in [3.63, 3.8) is 0 Å². The Bertz CT molecular complexity index is 1250. The number of nitrogens with zero attached hydrogens (tertiary/aromatic N) is 3. The number of ketones is 1. The Hall–Kier alpha value is -3.18. The number of primary amides is 1. The summed E-state index contributed by atoms with van der Waals surface area (Å²) in [6, 6.07) is -2.80. The van der Waals surface area contributed by atoms with Gasteiger partial charge in [-0.2, -0.15) is 0 Å². The third kappa shape index (κ3) is 7.68. The van der Waals surface area contributed by atoms with Gasteiger partial charge in [0.2, 0.25) is 23.5 Å². The molecule has 2 saturated carbocycles. The molecule has 0 radical (unpaired) electrons. The number of fused-ring (bicyclic) bond motifs is 1. The average molecular weight is 645 g/mol. The van der Waals surface area contributed by atoms with E-state index in [2.05, 4.69) is 45.3 Å². The molecule has 4 aliphatic rings. The molecule has 258 valence electrons. The molecule has 12 nitrogen and oxygen atoms in total. The lowest BCUT2D eigenvalue weighted by molar-refractivity contribution is -0.146. The molecule has 2 heterocycles. The van der Waals surface area contributed by atoms with Gasteiger partial charge in [-0.05, 0) is 52.8 Å². The first kappa shape index (κ1) is 35.7. The largest absolute Gasteiger partial charge is 0.363 e. The zero-order valence-electron chi connectivity index (χ0n) is 29.3. The molecule has 0 spiro atoms. The summed E-state index contributed by atoms with van der Waals surface area (Å²) in [4.78, 5) is 84.2. The van der Waals surface area contributed by atoms with Crippen molar-refractivity contribution in [1.29, 1.82) is 0 Å². The second-order valence-corrected chi connectivity index (χ2v) is 17.0. The first-order chi connectivity index (χ1) is 21.1. The van der Waals surface area contributed by atoms with Crippen molar-refractivity contribution in [2.75, 3.05) is 33.2 Å². The molecule has 2 aliphatic carbocycles. The quantitative estimate of drug-likeness (QED) is 0.276. The van der Waals surface area contributed by atoms with Crippen LogP contribution in [0.2, 0.25) is 0 Å². The van der Waals surface area contributed by atoms with Crippen LogP contribution in [0, 0.1) is 39.9 Å². The van der Waals surface area contributed by atoms with Crippen LogP contribution in [0.3, 0.4) is 0 Å². The van der Waals surface area contributed by atoms with Crippen molar-refractivity contribution in [2.45, 2.75) is 106 Å². The van der Waals surface area contributed by atoms with Crippen LogP contribution in [-0.4, -0.2) is 101 Å². The third-order valence-corrected chi connectivity index (χ3v) is 10.9. The third-order valence-electron chi connectivity index (χ3n) is 10.9. The van der Waals surface area contributed by atoms with Crippen molar-refractivity contribution in [3.05, 3.63) is 0 Å². The topological polar surface area (TPSA) is 162 Å². The number of Topliss-reactive ketones (excluding diaryl/α,β-unsaturated/α-hetero) is 1. The molecule has 6 amide bonds. The number of nitrogens with two attached hydrogens (primary N) is 1. The maximum Gasteiger partial charge on any atom is 0.319 e. The van der Waals surface area contributed by atoms with Gasteiger partial charge >= 0.3 is 6.03 Å². The van der Waals surface area contributed by atoms with Crippen LogP contribution in [-0.2, 0) is 24.0 Å². The number of rotatable bonds is 12. The van der Waals surface area contributed by atoms with Gasteiger partial charge in [-0.1, -0.05) is 68.2 Å². The van der Waals surface area contributed by atoms with Gasteiger partial charge in [0.25, 0.3) is 5.91 Å². The van der Waals surface area contributed by atoms with Crippen LogP contribution in [0.15, 0.2) is 0 Å². The van der Waals surface area contributed by atoms with E-state index in [1.54, 1.807) is 21.7 Å². The SMILES string of the molecule is CN1CCCN(C[C@@H](CC(=O)N[C@H](C(=O)N2C[C@H]3[C@@H]([C@H]2C(=O)NC(CC2CC2)C(=O)C(N)=O)C3(C)C)C(C)(C)C)C(C)(C)C)C1=O. The van der Waals surface area contributed by atoms with Crippen LogP contribution in [0.25, 0.3) is 0 Å². The molecule has 0 aromatic rings. The summed E-state index contributed by atoms with van der Waals surface area (Å²) < 4.78 is 0. The highest BCUT2D eigenvalue weighted by Crippen LogP contribution is 2.65. The van der Waals surface area contributed by atoms with Crippen molar-refractivity contribution in [1.82, 2.24) is 25.3 Å². The Kier molecular flexibility index (Phi) is 9.92. The van der Waals surface area contributed by atoms with E-state index in [-0.39, 0.29) is 58.8 Å². The molecule has 4 rings (SSSR count). The summed E-state index contributed by atoms with van der Waals surface area (Å²) in [7, 11) is 1.78. The highest BCUT2D eigenvalue weighted by atomic mass is 16.2. The van der Waals surface area contributed by atoms with Gasteiger partial charge < -0.3 is 31.1 Å². The van der Waals surface area contributed by atoms with E-state index < -0.39 is 41.1 Å². The van der Waals surface area contributed by atoms with Crippen LogP contribution < -0.4 is 16.4 Å². The predicted molar refractivity (Wildman–Crippen MR) is 173 cm³/mol. The van der Waals surface area contributed by atoms with Crippen LogP contribution in [0.1, 0.15) is 87.5 Å². The highest BCUT2D eigenvalue weighted by Gasteiger charge is 2.70. The van der Waals surface area contributed by atoms with E-state index >= 15 is 0 Å². The van der Waals surface area contributed by atoms with Crippen LogP contribution >= 0.6 is 0 Å². The number of carbonyl (C=O) groups excluding carboxylic acids is 6. The number of hydrogen-bond donors (Lipinski definition) is 3. The molecule has 0 aromatic heterocycles. The Morgan fingerprint density at radius 1 is 0.978 bits per heavy atom. The number of carbonyl (C=O) groups is 6. The number of amides is 6. The van der Waals surface area contributed by atoms with Gasteiger partial charge in [0.15, 0.2) is 0 Å². The Labute approximate surface area is 273 Å². The molecule has 12 heteroatoms. The first-order valence-electron chi connectivity index (χ1n) is 16.9. The Balaban J connectivity index is 1.51. The van der Waals surface area contributed by atoms with E-state index in [1.807, 2.05) is 20.8 Å². The van der Waals surface area contributed by atoms with Gasteiger partial charge in [-0.3, -0.25) is 24.0 Å². The van der Waals surface area contributed by atoms with Crippen molar-refractivity contribution in [3.8, 4) is 0 Å². The van der Waals surface area contributed by atoms with E-state index in [0.717, 1.165) is 19.3 Å². The summed E-state index contributed by atoms with van der Waals surface area (Å²) in [6.07, 6.45) is 3.21. The number of hydrogen-bond acceptors (Lipinski definition) is 6. The van der Waals surface area contributed by atoms with Gasteiger partial charge in [0.1, 0.15) is 12.1 Å². The molecule has 2 aliphatic heterocycles. The van der Waals surface area contributed by atoms with Crippen molar-refractivity contribution in [2.24, 2.45) is 45.7 Å². The maximum atomic E-state index is 14.3. The van der Waals surface area contributed by atoms with E-state index in [0.29, 0.717) is 32.6 Å². The smallest absolute Gasteiger partial charge is 0.319 e. The Morgan fingerprint density at radius 3 is 2.15 bits per heavy atom. The zero-order valence-corrected chi connectivity index (χ0v) is 29.3. The maximum absolute atomic E-state index is 14.3. The summed E-state index contributed by atoms with van der Waals surface area (Å²) in [5, 5.41) is 5.81. The minimum absolute atomic E-state index is 0.0413. The van der Waals surface area contributed by atoms with Gasteiger partial charge in [-0.25, -0.2) is 4.79 Å². The summed E-state index contributed by atoms with van der Waals surface area (Å²) >= 11 is 0. The first-order valence-corrected chi connectivity index (χ1v) is 16.9. The number of nitrogens with one attached hydrogen (secondary N) is 2. The minimum atomic E-state index is -1.09. The van der Waals surface area contributed by atoms with E-state index in [9.17, 15) is 28.8 Å². The van der Waals surface area contributed by atoms with Crippen LogP contribution in [0.5, 0.6) is 0 Å². The molecule has 4 fully saturated rings. The fraction of sp³-hybridized carbons (Fsp3) is 0.824. The lowest BCUT2D eigenvalue weighted by Gasteiger charge is -2.40. The standard InChI is InChI=1S/C34H56N6O6/c1-32(2,3)20(17-39-14-10-13-38(9)31(39)46)16-23(41)37-27(33(4,5)6)30(45)40-18-21-24(34(21,7)8)25(40)29(44)36-22(15-19-11-12-19)26(42)28(35)43/h19-22,24-25,27H,10-18H2,1-9H3,(H2,35,43)(H,36,44)(H,37,41)/t20-,21+,22?,24+,25+,27-/m1/s1. The number of urea groups is 1. The van der Waals surface area contributed by atoms with Crippen LogP contribution in [0.4, 0.5) is 4.79 Å². The normalized spacial score (nSPS) is 26.2.